The molecule has 1 amide bonds. The van der Waals surface area contributed by atoms with Crippen molar-refractivity contribution in [2.24, 2.45) is 0 Å². The number of benzene rings is 1. The molecule has 102 valence electrons. The van der Waals surface area contributed by atoms with Crippen LogP contribution in [0.25, 0.3) is 0 Å². The van der Waals surface area contributed by atoms with E-state index >= 15 is 0 Å². The predicted molar refractivity (Wildman–Crippen MR) is 77.8 cm³/mol. The van der Waals surface area contributed by atoms with Gasteiger partial charge in [-0.2, -0.15) is 0 Å². The zero-order chi connectivity index (χ0) is 13.6. The normalized spacial score (nSPS) is 29.6. The van der Waals surface area contributed by atoms with Gasteiger partial charge in [0, 0.05) is 23.0 Å². The highest BCUT2D eigenvalue weighted by atomic mass is 35.5. The molecule has 0 aromatic heterocycles. The van der Waals surface area contributed by atoms with Crippen molar-refractivity contribution in [3.63, 3.8) is 0 Å². The molecule has 3 rings (SSSR count). The highest BCUT2D eigenvalue weighted by Crippen LogP contribution is 2.38. The number of alkyl halides is 1. The van der Waals surface area contributed by atoms with Crippen LogP contribution in [-0.2, 0) is 0 Å². The van der Waals surface area contributed by atoms with E-state index in [1.807, 2.05) is 18.2 Å². The Bertz CT molecular complexity index is 499. The van der Waals surface area contributed by atoms with Crippen molar-refractivity contribution in [3.05, 3.63) is 34.9 Å². The van der Waals surface area contributed by atoms with E-state index in [9.17, 15) is 4.79 Å². The van der Waals surface area contributed by atoms with Gasteiger partial charge in [-0.1, -0.05) is 6.07 Å². The van der Waals surface area contributed by atoms with Gasteiger partial charge in [0.05, 0.1) is 0 Å². The molecular formula is C16H20ClNO. The number of carbonyl (C=O) groups is 1. The summed E-state index contributed by atoms with van der Waals surface area (Å²) in [6.07, 6.45) is 4.14. The number of fused-ring (bicyclic) bond motifs is 2. The highest BCUT2D eigenvalue weighted by Gasteiger charge is 2.42. The lowest BCUT2D eigenvalue weighted by Gasteiger charge is -2.37. The van der Waals surface area contributed by atoms with E-state index in [0.29, 0.717) is 12.1 Å². The van der Waals surface area contributed by atoms with Crippen LogP contribution in [0, 0.1) is 13.8 Å². The molecule has 2 atom stereocenters. The third-order valence-electron chi connectivity index (χ3n) is 4.66. The topological polar surface area (TPSA) is 20.3 Å². The van der Waals surface area contributed by atoms with E-state index in [-0.39, 0.29) is 11.3 Å². The molecule has 3 heteroatoms. The summed E-state index contributed by atoms with van der Waals surface area (Å²) in [4.78, 5) is 14.8. The maximum Gasteiger partial charge on any atom is 0.254 e. The average Bonchev–Trinajstić information content (AvgIpc) is 2.64. The second-order valence-corrected chi connectivity index (χ2v) is 6.58. The molecule has 19 heavy (non-hydrogen) atoms. The van der Waals surface area contributed by atoms with E-state index in [1.165, 1.54) is 11.1 Å². The maximum absolute atomic E-state index is 12.7. The largest absolute Gasteiger partial charge is 0.333 e. The number of hydrogen-bond donors (Lipinski definition) is 0. The first kappa shape index (κ1) is 13.0. The number of amides is 1. The van der Waals surface area contributed by atoms with Crippen molar-refractivity contribution in [3.8, 4) is 0 Å². The van der Waals surface area contributed by atoms with Crippen LogP contribution < -0.4 is 0 Å². The van der Waals surface area contributed by atoms with Gasteiger partial charge in [-0.05, 0) is 62.8 Å². The smallest absolute Gasteiger partial charge is 0.254 e. The van der Waals surface area contributed by atoms with Crippen molar-refractivity contribution in [1.82, 2.24) is 4.90 Å². The lowest BCUT2D eigenvalue weighted by Crippen LogP contribution is -2.46. The molecule has 0 spiro atoms. The summed E-state index contributed by atoms with van der Waals surface area (Å²) < 4.78 is 0. The van der Waals surface area contributed by atoms with Gasteiger partial charge in [-0.15, -0.1) is 11.6 Å². The second kappa shape index (κ2) is 4.82. The standard InChI is InChI=1S/C16H20ClNO/c1-10-3-4-12(7-11(10)2)16(19)18-14-5-6-15(18)9-13(17)8-14/h3-4,7,13-15H,5-6,8-9H2,1-2H3. The molecular weight excluding hydrogens is 258 g/mol. The Kier molecular flexibility index (Phi) is 3.30. The average molecular weight is 278 g/mol. The van der Waals surface area contributed by atoms with Crippen molar-refractivity contribution < 1.29 is 4.79 Å². The first-order valence-electron chi connectivity index (χ1n) is 7.10. The minimum Gasteiger partial charge on any atom is -0.333 e. The summed E-state index contributed by atoms with van der Waals surface area (Å²) in [5.74, 6) is 0.194. The van der Waals surface area contributed by atoms with Gasteiger partial charge in [-0.3, -0.25) is 4.79 Å². The molecule has 0 aliphatic carbocycles. The summed E-state index contributed by atoms with van der Waals surface area (Å²) in [5.41, 5.74) is 3.25. The Hall–Kier alpha value is -1.02. The number of rotatable bonds is 1. The van der Waals surface area contributed by atoms with Crippen molar-refractivity contribution in [1.29, 1.82) is 0 Å². The molecule has 2 aliphatic rings. The first-order chi connectivity index (χ1) is 9.06. The third kappa shape index (κ3) is 2.27. The van der Waals surface area contributed by atoms with Crippen LogP contribution in [-0.4, -0.2) is 28.3 Å². The van der Waals surface area contributed by atoms with Gasteiger partial charge >= 0.3 is 0 Å². The fraction of sp³-hybridized carbons (Fsp3) is 0.562. The fourth-order valence-electron chi connectivity index (χ4n) is 3.47. The van der Waals surface area contributed by atoms with Crippen LogP contribution in [0.2, 0.25) is 0 Å². The van der Waals surface area contributed by atoms with Crippen LogP contribution in [0.4, 0.5) is 0 Å². The number of carbonyl (C=O) groups excluding carboxylic acids is 1. The number of hydrogen-bond acceptors (Lipinski definition) is 1. The zero-order valence-electron chi connectivity index (χ0n) is 11.5. The maximum atomic E-state index is 12.7. The van der Waals surface area contributed by atoms with Gasteiger partial charge in [0.2, 0.25) is 0 Å². The summed E-state index contributed by atoms with van der Waals surface area (Å²) in [5, 5.41) is 0.251. The third-order valence-corrected chi connectivity index (χ3v) is 5.02. The van der Waals surface area contributed by atoms with E-state index in [2.05, 4.69) is 18.7 Å². The molecule has 2 heterocycles. The number of aryl methyl sites for hydroxylation is 2. The van der Waals surface area contributed by atoms with Gasteiger partial charge in [-0.25, -0.2) is 0 Å². The van der Waals surface area contributed by atoms with Crippen LogP contribution in [0.3, 0.4) is 0 Å². The Labute approximate surface area is 119 Å². The van der Waals surface area contributed by atoms with E-state index in [4.69, 9.17) is 11.6 Å². The predicted octanol–water partition coefficient (Wildman–Crippen LogP) is 3.68. The molecule has 2 bridgehead atoms. The first-order valence-corrected chi connectivity index (χ1v) is 7.54. The Morgan fingerprint density at radius 2 is 1.79 bits per heavy atom. The number of nitrogens with zero attached hydrogens (tertiary/aromatic N) is 1. The molecule has 2 aliphatic heterocycles. The van der Waals surface area contributed by atoms with E-state index in [0.717, 1.165) is 31.2 Å². The quantitative estimate of drug-likeness (QED) is 0.717. The SMILES string of the molecule is Cc1ccc(C(=O)N2C3CCC2CC(Cl)C3)cc1C. The second-order valence-electron chi connectivity index (χ2n) is 5.97. The molecule has 0 saturated carbocycles. The summed E-state index contributed by atoms with van der Waals surface area (Å²) in [6.45, 7) is 4.14. The summed E-state index contributed by atoms with van der Waals surface area (Å²) >= 11 is 6.27. The van der Waals surface area contributed by atoms with E-state index < -0.39 is 0 Å². The minimum atomic E-state index is 0.194. The monoisotopic (exact) mass is 277 g/mol. The molecule has 1 aromatic rings. The summed E-state index contributed by atoms with van der Waals surface area (Å²) in [6, 6.07) is 6.73. The molecule has 0 radical (unpaired) electrons. The zero-order valence-corrected chi connectivity index (χ0v) is 12.3. The molecule has 2 fully saturated rings. The molecule has 0 N–H and O–H groups in total. The Morgan fingerprint density at radius 3 is 2.37 bits per heavy atom. The molecule has 1 aromatic carbocycles. The fourth-order valence-corrected chi connectivity index (χ4v) is 3.88. The van der Waals surface area contributed by atoms with Crippen molar-refractivity contribution >= 4 is 17.5 Å². The van der Waals surface area contributed by atoms with Crippen molar-refractivity contribution in [2.45, 2.75) is 57.0 Å². The lowest BCUT2D eigenvalue weighted by molar-refractivity contribution is 0.0599. The molecule has 2 saturated heterocycles. The van der Waals surface area contributed by atoms with Gasteiger partial charge in [0.1, 0.15) is 0 Å². The van der Waals surface area contributed by atoms with Crippen LogP contribution >= 0.6 is 11.6 Å². The van der Waals surface area contributed by atoms with Crippen molar-refractivity contribution in [2.75, 3.05) is 0 Å². The van der Waals surface area contributed by atoms with Crippen LogP contribution in [0.1, 0.15) is 47.2 Å². The van der Waals surface area contributed by atoms with Crippen LogP contribution in [0.5, 0.6) is 0 Å². The lowest BCUT2D eigenvalue weighted by atomic mass is 9.99. The van der Waals surface area contributed by atoms with Crippen LogP contribution in [0.15, 0.2) is 18.2 Å². The molecule has 2 unspecified atom stereocenters. The highest BCUT2D eigenvalue weighted by molar-refractivity contribution is 6.20. The molecule has 2 nitrogen and oxygen atoms in total. The summed E-state index contributed by atoms with van der Waals surface area (Å²) in [7, 11) is 0. The Morgan fingerprint density at radius 1 is 1.16 bits per heavy atom. The number of halogens is 1. The minimum absolute atomic E-state index is 0.194. The van der Waals surface area contributed by atoms with Gasteiger partial charge in [0.15, 0.2) is 0 Å². The van der Waals surface area contributed by atoms with Gasteiger partial charge < -0.3 is 4.90 Å². The Balaban J connectivity index is 1.86. The van der Waals surface area contributed by atoms with Gasteiger partial charge in [0.25, 0.3) is 5.91 Å². The number of piperidine rings is 1. The van der Waals surface area contributed by atoms with E-state index in [1.54, 1.807) is 0 Å².